The molecular weight excluding hydrogens is 234 g/mol. The largest absolute Gasteiger partial charge is 0.385 e. The Morgan fingerprint density at radius 1 is 1.11 bits per heavy atom. The molecule has 0 amide bonds. The topological polar surface area (TPSA) is 20.2 Å². The highest BCUT2D eigenvalue weighted by Gasteiger charge is 2.31. The fourth-order valence-corrected chi connectivity index (χ4v) is 2.30. The molecule has 3 heteroatoms. The van der Waals surface area contributed by atoms with Crippen LogP contribution in [0.1, 0.15) is 50.7 Å². The molecule has 0 saturated heterocycles. The molecule has 0 heterocycles. The maximum absolute atomic E-state index is 12.6. The monoisotopic (exact) mass is 256 g/mol. The minimum Gasteiger partial charge on any atom is -0.385 e. The zero-order valence-corrected chi connectivity index (χ0v) is 11.1. The molecule has 1 N–H and O–H groups in total. The Hall–Kier alpha value is -0.960. The molecule has 0 spiro atoms. The van der Waals surface area contributed by atoms with Gasteiger partial charge < -0.3 is 5.11 Å². The van der Waals surface area contributed by atoms with Crippen LogP contribution in [0.3, 0.4) is 0 Å². The van der Waals surface area contributed by atoms with Crippen LogP contribution in [-0.2, 0) is 12.0 Å². The summed E-state index contributed by atoms with van der Waals surface area (Å²) in [7, 11) is 0. The van der Waals surface area contributed by atoms with Gasteiger partial charge in [0.05, 0.1) is 5.60 Å². The molecule has 102 valence electrons. The summed E-state index contributed by atoms with van der Waals surface area (Å²) >= 11 is 0. The lowest BCUT2D eigenvalue weighted by atomic mass is 9.86. The molecule has 0 aromatic heterocycles. The van der Waals surface area contributed by atoms with Gasteiger partial charge in [-0.15, -0.1) is 0 Å². The highest BCUT2D eigenvalue weighted by atomic mass is 19.3. The van der Waals surface area contributed by atoms with Crippen LogP contribution in [0.25, 0.3) is 0 Å². The first-order valence-electron chi connectivity index (χ1n) is 6.61. The molecule has 1 unspecified atom stereocenters. The SMILES string of the molecule is CCCc1ccc(C(O)(CCC)CC(F)F)cc1. The maximum atomic E-state index is 12.6. The minimum atomic E-state index is -2.49. The average molecular weight is 256 g/mol. The number of hydrogen-bond donors (Lipinski definition) is 1. The van der Waals surface area contributed by atoms with E-state index in [4.69, 9.17) is 0 Å². The maximum Gasteiger partial charge on any atom is 0.241 e. The van der Waals surface area contributed by atoms with E-state index in [0.29, 0.717) is 18.4 Å². The summed E-state index contributed by atoms with van der Waals surface area (Å²) in [5.74, 6) is 0. The van der Waals surface area contributed by atoms with Crippen molar-refractivity contribution in [3.63, 3.8) is 0 Å². The van der Waals surface area contributed by atoms with E-state index in [2.05, 4.69) is 6.92 Å². The molecule has 1 aromatic carbocycles. The third-order valence-corrected chi connectivity index (χ3v) is 3.19. The Kier molecular flexibility index (Phi) is 5.73. The van der Waals surface area contributed by atoms with E-state index in [1.165, 1.54) is 5.56 Å². The third kappa shape index (κ3) is 4.05. The Balaban J connectivity index is 2.91. The standard InChI is InChI=1S/C15H22F2O/c1-3-5-12-6-8-13(9-7-12)15(18,10-4-2)11-14(16)17/h6-9,14,18H,3-5,10-11H2,1-2H3. The molecule has 0 radical (unpaired) electrons. The molecule has 1 rings (SSSR count). The van der Waals surface area contributed by atoms with E-state index in [9.17, 15) is 13.9 Å². The van der Waals surface area contributed by atoms with Crippen molar-refractivity contribution in [1.29, 1.82) is 0 Å². The van der Waals surface area contributed by atoms with E-state index >= 15 is 0 Å². The number of aliphatic hydroxyl groups is 1. The summed E-state index contributed by atoms with van der Waals surface area (Å²) in [6.07, 6.45) is 0.0897. The second-order valence-corrected chi connectivity index (χ2v) is 4.82. The van der Waals surface area contributed by atoms with Crippen molar-refractivity contribution >= 4 is 0 Å². The van der Waals surface area contributed by atoms with Gasteiger partial charge >= 0.3 is 0 Å². The highest BCUT2D eigenvalue weighted by molar-refractivity contribution is 5.27. The fraction of sp³-hybridized carbons (Fsp3) is 0.600. The quantitative estimate of drug-likeness (QED) is 0.772. The lowest BCUT2D eigenvalue weighted by Gasteiger charge is -2.28. The Bertz CT molecular complexity index is 348. The van der Waals surface area contributed by atoms with Gasteiger partial charge in [0, 0.05) is 6.42 Å². The normalized spacial score (nSPS) is 14.8. The summed E-state index contributed by atoms with van der Waals surface area (Å²) in [4.78, 5) is 0. The van der Waals surface area contributed by atoms with Crippen LogP contribution in [0, 0.1) is 0 Å². The van der Waals surface area contributed by atoms with Gasteiger partial charge in [-0.05, 0) is 24.0 Å². The number of benzene rings is 1. The van der Waals surface area contributed by atoms with E-state index in [0.717, 1.165) is 12.8 Å². The van der Waals surface area contributed by atoms with Crippen LogP contribution >= 0.6 is 0 Å². The number of alkyl halides is 2. The van der Waals surface area contributed by atoms with Crippen molar-refractivity contribution in [1.82, 2.24) is 0 Å². The molecular formula is C15H22F2O. The van der Waals surface area contributed by atoms with E-state index in [1.54, 1.807) is 12.1 Å². The van der Waals surface area contributed by atoms with Crippen molar-refractivity contribution in [2.45, 2.75) is 58.0 Å². The number of hydrogen-bond acceptors (Lipinski definition) is 1. The minimum absolute atomic E-state index is 0.366. The predicted octanol–water partition coefficient (Wildman–Crippen LogP) is 4.28. The van der Waals surface area contributed by atoms with Crippen LogP contribution in [0.2, 0.25) is 0 Å². The van der Waals surface area contributed by atoms with Gasteiger partial charge in [0.25, 0.3) is 0 Å². The highest BCUT2D eigenvalue weighted by Crippen LogP contribution is 2.32. The van der Waals surface area contributed by atoms with Gasteiger partial charge in [-0.25, -0.2) is 8.78 Å². The predicted molar refractivity (Wildman–Crippen MR) is 69.9 cm³/mol. The summed E-state index contributed by atoms with van der Waals surface area (Å²) in [5.41, 5.74) is 0.384. The third-order valence-electron chi connectivity index (χ3n) is 3.19. The lowest BCUT2D eigenvalue weighted by molar-refractivity contribution is -0.0333. The van der Waals surface area contributed by atoms with Crippen LogP contribution in [0.15, 0.2) is 24.3 Å². The summed E-state index contributed by atoms with van der Waals surface area (Å²) in [5, 5.41) is 10.4. The molecule has 1 atom stereocenters. The second kappa shape index (κ2) is 6.83. The number of rotatable bonds is 7. The fourth-order valence-electron chi connectivity index (χ4n) is 2.30. The molecule has 1 aromatic rings. The molecule has 18 heavy (non-hydrogen) atoms. The zero-order valence-electron chi connectivity index (χ0n) is 11.1. The average Bonchev–Trinajstić information content (AvgIpc) is 2.29. The van der Waals surface area contributed by atoms with Gasteiger partial charge in [-0.1, -0.05) is 51.0 Å². The lowest BCUT2D eigenvalue weighted by Crippen LogP contribution is -2.28. The molecule has 0 saturated carbocycles. The Morgan fingerprint density at radius 3 is 2.17 bits per heavy atom. The van der Waals surface area contributed by atoms with Gasteiger partial charge in [0.15, 0.2) is 0 Å². The Labute approximate surface area is 108 Å². The zero-order chi connectivity index (χ0) is 13.6. The second-order valence-electron chi connectivity index (χ2n) is 4.82. The summed E-state index contributed by atoms with van der Waals surface area (Å²) < 4.78 is 25.2. The first-order chi connectivity index (χ1) is 8.51. The van der Waals surface area contributed by atoms with Crippen molar-refractivity contribution < 1.29 is 13.9 Å². The first-order valence-corrected chi connectivity index (χ1v) is 6.61. The van der Waals surface area contributed by atoms with Gasteiger partial charge in [0.2, 0.25) is 6.43 Å². The van der Waals surface area contributed by atoms with E-state index < -0.39 is 18.4 Å². The van der Waals surface area contributed by atoms with Gasteiger partial charge in [-0.2, -0.15) is 0 Å². The molecule has 1 nitrogen and oxygen atoms in total. The molecule has 0 bridgehead atoms. The summed E-state index contributed by atoms with van der Waals surface area (Å²) in [6.45, 7) is 3.99. The number of aryl methyl sites for hydroxylation is 1. The smallest absolute Gasteiger partial charge is 0.241 e. The number of halogens is 2. The molecule has 0 aliphatic rings. The molecule has 0 aliphatic carbocycles. The van der Waals surface area contributed by atoms with Crippen LogP contribution in [0.5, 0.6) is 0 Å². The van der Waals surface area contributed by atoms with Crippen LogP contribution in [0.4, 0.5) is 8.78 Å². The van der Waals surface area contributed by atoms with Crippen molar-refractivity contribution in [3.8, 4) is 0 Å². The van der Waals surface area contributed by atoms with E-state index in [1.807, 2.05) is 19.1 Å². The van der Waals surface area contributed by atoms with E-state index in [-0.39, 0.29) is 0 Å². The molecule has 0 aliphatic heterocycles. The van der Waals surface area contributed by atoms with Crippen LogP contribution in [-0.4, -0.2) is 11.5 Å². The van der Waals surface area contributed by atoms with Crippen LogP contribution < -0.4 is 0 Å². The molecule has 0 fully saturated rings. The van der Waals surface area contributed by atoms with Gasteiger partial charge in [0.1, 0.15) is 0 Å². The summed E-state index contributed by atoms with van der Waals surface area (Å²) in [6, 6.07) is 7.40. The van der Waals surface area contributed by atoms with Crippen molar-refractivity contribution in [2.24, 2.45) is 0 Å². The first kappa shape index (κ1) is 15.1. The van der Waals surface area contributed by atoms with Crippen molar-refractivity contribution in [2.75, 3.05) is 0 Å². The van der Waals surface area contributed by atoms with Crippen molar-refractivity contribution in [3.05, 3.63) is 35.4 Å². The van der Waals surface area contributed by atoms with Gasteiger partial charge in [-0.3, -0.25) is 0 Å². The Morgan fingerprint density at radius 2 is 1.72 bits per heavy atom.